The lowest BCUT2D eigenvalue weighted by molar-refractivity contribution is -0.139. The van der Waals surface area contributed by atoms with Crippen molar-refractivity contribution in [3.05, 3.63) is 73.7 Å². The molecule has 2 aromatic carbocycles. The van der Waals surface area contributed by atoms with Gasteiger partial charge in [0.05, 0.1) is 26.7 Å². The minimum atomic E-state index is -5.01. The van der Waals surface area contributed by atoms with E-state index in [2.05, 4.69) is 0 Å². The molecule has 16 heteroatoms. The number of sulfone groups is 1. The Morgan fingerprint density at radius 1 is 1.00 bits per heavy atom. The molecule has 0 heterocycles. The molecule has 0 aliphatic rings. The van der Waals surface area contributed by atoms with E-state index < -0.39 is 69.1 Å². The molecule has 2 aromatic rings. The first-order valence-electron chi connectivity index (χ1n) is 10.6. The summed E-state index contributed by atoms with van der Waals surface area (Å²) in [5.41, 5.74) is -2.08. The van der Waals surface area contributed by atoms with Gasteiger partial charge in [-0.25, -0.2) is 17.2 Å². The first-order chi connectivity index (χ1) is 17.7. The van der Waals surface area contributed by atoms with Gasteiger partial charge in [0.2, 0.25) is 0 Å². The van der Waals surface area contributed by atoms with E-state index in [1.54, 1.807) is 0 Å². The van der Waals surface area contributed by atoms with Crippen LogP contribution in [0.2, 0.25) is 15.1 Å². The number of benzene rings is 2. The highest BCUT2D eigenvalue weighted by atomic mass is 35.5. The average Bonchev–Trinajstić information content (AvgIpc) is 2.74. The maximum atomic E-state index is 13.7. The summed E-state index contributed by atoms with van der Waals surface area (Å²) in [5.74, 6) is -6.71. The van der Waals surface area contributed by atoms with Gasteiger partial charge in [-0.2, -0.15) is 26.3 Å². The van der Waals surface area contributed by atoms with Crippen LogP contribution in [0.15, 0.2) is 36.4 Å². The lowest BCUT2D eigenvalue weighted by atomic mass is 9.96. The van der Waals surface area contributed by atoms with Gasteiger partial charge in [0.25, 0.3) is 12.3 Å². The molecule has 0 fully saturated rings. The molecule has 0 radical (unpaired) electrons. The number of nitrogens with one attached hydrogen (secondary N) is 1. The highest BCUT2D eigenvalue weighted by molar-refractivity contribution is 7.91. The Morgan fingerprint density at radius 3 is 2.05 bits per heavy atom. The Morgan fingerprint density at radius 2 is 1.56 bits per heavy atom. The zero-order valence-corrected chi connectivity index (χ0v) is 22.6. The monoisotopic (exact) mass is 645 g/mol. The standard InChI is InChI=1S/C23H18Cl3F8NO3S/c1-11(9-39(37,38)10-22(29,30)31)35-21(36)14-4-2-12(6-15(14)20(27)28)3-5-16(23(32,33)34)13-7-17(24)19(26)18(25)8-13/h2-8,11,16,20H,9-10H2,1H3,(H,35,36)/b5-3+/t11-,16?/m1/s1. The van der Waals surface area contributed by atoms with Gasteiger partial charge in [-0.05, 0) is 42.3 Å². The van der Waals surface area contributed by atoms with Gasteiger partial charge in [-0.3, -0.25) is 4.79 Å². The maximum absolute atomic E-state index is 13.7. The van der Waals surface area contributed by atoms with Crippen LogP contribution in [0.25, 0.3) is 6.08 Å². The van der Waals surface area contributed by atoms with Crippen LogP contribution in [0.5, 0.6) is 0 Å². The number of hydrogen-bond donors (Lipinski definition) is 1. The van der Waals surface area contributed by atoms with Crippen molar-refractivity contribution < 1.29 is 48.3 Å². The second-order valence-electron chi connectivity index (χ2n) is 8.37. The van der Waals surface area contributed by atoms with Crippen LogP contribution in [0.4, 0.5) is 35.1 Å². The fourth-order valence-corrected chi connectivity index (χ4v) is 5.55. The highest BCUT2D eigenvalue weighted by Crippen LogP contribution is 2.41. The van der Waals surface area contributed by atoms with E-state index in [-0.39, 0.29) is 26.2 Å². The molecule has 0 bridgehead atoms. The average molecular weight is 647 g/mol. The third-order valence-corrected chi connectivity index (χ3v) is 7.99. The van der Waals surface area contributed by atoms with Gasteiger partial charge >= 0.3 is 12.4 Å². The van der Waals surface area contributed by atoms with E-state index in [0.717, 1.165) is 43.3 Å². The zero-order valence-electron chi connectivity index (χ0n) is 19.5. The molecule has 0 aliphatic heterocycles. The van der Waals surface area contributed by atoms with Crippen LogP contribution in [-0.2, 0) is 9.84 Å². The van der Waals surface area contributed by atoms with E-state index in [9.17, 15) is 48.3 Å². The van der Waals surface area contributed by atoms with Crippen molar-refractivity contribution in [3.8, 4) is 0 Å². The van der Waals surface area contributed by atoms with E-state index in [1.165, 1.54) is 0 Å². The van der Waals surface area contributed by atoms with Gasteiger partial charge in [0.1, 0.15) is 5.75 Å². The van der Waals surface area contributed by atoms with Gasteiger partial charge in [0.15, 0.2) is 9.84 Å². The number of carbonyl (C=O) groups excluding carboxylic acids is 1. The Labute approximate surface area is 232 Å². The minimum absolute atomic E-state index is 0.150. The number of hydrogen-bond acceptors (Lipinski definition) is 3. The van der Waals surface area contributed by atoms with E-state index >= 15 is 0 Å². The largest absolute Gasteiger partial charge is 0.402 e. The third kappa shape index (κ3) is 9.80. The van der Waals surface area contributed by atoms with Crippen molar-refractivity contribution >= 4 is 56.6 Å². The molecule has 1 unspecified atom stereocenters. The van der Waals surface area contributed by atoms with Crippen LogP contribution in [0.3, 0.4) is 0 Å². The lowest BCUT2D eigenvalue weighted by Crippen LogP contribution is -2.40. The molecular weight excluding hydrogens is 629 g/mol. The topological polar surface area (TPSA) is 63.2 Å². The number of carbonyl (C=O) groups is 1. The predicted octanol–water partition coefficient (Wildman–Crippen LogP) is 8.04. The normalized spacial score (nSPS) is 14.6. The van der Waals surface area contributed by atoms with Gasteiger partial charge in [-0.15, -0.1) is 0 Å². The summed E-state index contributed by atoms with van der Waals surface area (Å²) < 4.78 is 129. The zero-order chi connectivity index (χ0) is 29.9. The first kappa shape index (κ1) is 33.1. The summed E-state index contributed by atoms with van der Waals surface area (Å²) in [4.78, 5) is 12.5. The molecule has 4 nitrogen and oxygen atoms in total. The van der Waals surface area contributed by atoms with Crippen molar-refractivity contribution in [2.45, 2.75) is 37.7 Å². The summed E-state index contributed by atoms with van der Waals surface area (Å²) in [5, 5.41) is 1.40. The number of rotatable bonds is 9. The van der Waals surface area contributed by atoms with E-state index in [0.29, 0.717) is 6.08 Å². The van der Waals surface area contributed by atoms with Crippen molar-refractivity contribution in [1.29, 1.82) is 0 Å². The smallest absolute Gasteiger partial charge is 0.349 e. The first-order valence-corrected chi connectivity index (χ1v) is 13.5. The predicted molar refractivity (Wildman–Crippen MR) is 132 cm³/mol. The molecule has 0 spiro atoms. The van der Waals surface area contributed by atoms with Crippen LogP contribution in [-0.4, -0.2) is 44.2 Å². The summed E-state index contributed by atoms with van der Waals surface area (Å²) in [6, 6.07) is 3.19. The summed E-state index contributed by atoms with van der Waals surface area (Å²) >= 11 is 17.4. The SMILES string of the molecule is C[C@H](CS(=O)(=O)CC(F)(F)F)NC(=O)c1ccc(/C=C/C(c2cc(Cl)c(Cl)c(Cl)c2)C(F)(F)F)cc1C(F)F. The molecule has 0 aliphatic carbocycles. The number of alkyl halides is 8. The van der Waals surface area contributed by atoms with Gasteiger partial charge in [0, 0.05) is 17.2 Å². The molecule has 0 saturated carbocycles. The molecule has 0 aromatic heterocycles. The second kappa shape index (κ2) is 12.6. The molecule has 2 atom stereocenters. The van der Waals surface area contributed by atoms with Gasteiger partial charge in [-0.1, -0.05) is 53.0 Å². The van der Waals surface area contributed by atoms with Crippen molar-refractivity contribution in [2.24, 2.45) is 0 Å². The van der Waals surface area contributed by atoms with Crippen LogP contribution in [0, 0.1) is 0 Å². The quantitative estimate of drug-likeness (QED) is 0.222. The fraction of sp³-hybridized carbons (Fsp3) is 0.348. The maximum Gasteiger partial charge on any atom is 0.402 e. The second-order valence-corrected chi connectivity index (χ2v) is 11.7. The van der Waals surface area contributed by atoms with E-state index in [1.807, 2.05) is 5.32 Å². The fourth-order valence-electron chi connectivity index (χ4n) is 3.48. The summed E-state index contributed by atoms with van der Waals surface area (Å²) in [6.07, 6.45) is -11.6. The van der Waals surface area contributed by atoms with Gasteiger partial charge < -0.3 is 5.32 Å². The molecule has 1 amide bonds. The molecule has 1 N–H and O–H groups in total. The molecule has 0 saturated heterocycles. The molecule has 2 rings (SSSR count). The Hall–Kier alpha value is -2.09. The minimum Gasteiger partial charge on any atom is -0.349 e. The van der Waals surface area contributed by atoms with Crippen molar-refractivity contribution in [1.82, 2.24) is 5.32 Å². The van der Waals surface area contributed by atoms with Crippen molar-refractivity contribution in [3.63, 3.8) is 0 Å². The summed E-state index contributed by atoms with van der Waals surface area (Å²) in [6.45, 7) is 1.07. The number of amides is 1. The van der Waals surface area contributed by atoms with E-state index in [4.69, 9.17) is 34.8 Å². The Bertz CT molecular complexity index is 1320. The number of allylic oxidation sites excluding steroid dienone is 1. The van der Waals surface area contributed by atoms with Crippen LogP contribution < -0.4 is 5.32 Å². The Kier molecular flexibility index (Phi) is 10.7. The molecular formula is C23H18Cl3F8NO3S. The van der Waals surface area contributed by atoms with Crippen LogP contribution in [0.1, 0.15) is 46.3 Å². The highest BCUT2D eigenvalue weighted by Gasteiger charge is 2.39. The third-order valence-electron chi connectivity index (χ3n) is 5.02. The summed E-state index contributed by atoms with van der Waals surface area (Å²) in [7, 11) is -4.67. The Balaban J connectivity index is 2.32. The van der Waals surface area contributed by atoms with Crippen LogP contribution >= 0.6 is 34.8 Å². The lowest BCUT2D eigenvalue weighted by Gasteiger charge is -2.19. The molecule has 39 heavy (non-hydrogen) atoms. The number of halogens is 11. The molecule has 216 valence electrons. The van der Waals surface area contributed by atoms with Crippen molar-refractivity contribution in [2.75, 3.05) is 11.5 Å².